The van der Waals surface area contributed by atoms with E-state index in [1.54, 1.807) is 13.8 Å². The highest BCUT2D eigenvalue weighted by molar-refractivity contribution is 7.81. The van der Waals surface area contributed by atoms with Gasteiger partial charge in [0.15, 0.2) is 11.5 Å². The van der Waals surface area contributed by atoms with E-state index < -0.39 is 17.9 Å². The molecule has 10 heteroatoms. The van der Waals surface area contributed by atoms with E-state index in [1.807, 2.05) is 0 Å². The molecule has 22 heavy (non-hydrogen) atoms. The van der Waals surface area contributed by atoms with Crippen molar-refractivity contribution < 1.29 is 9.59 Å². The zero-order valence-electron chi connectivity index (χ0n) is 12.1. The minimum atomic E-state index is -0.777. The van der Waals surface area contributed by atoms with Gasteiger partial charge in [-0.2, -0.15) is 0 Å². The van der Waals surface area contributed by atoms with Crippen molar-refractivity contribution in [2.45, 2.75) is 19.9 Å². The van der Waals surface area contributed by atoms with Gasteiger partial charge in [0.2, 0.25) is 5.91 Å². The number of anilines is 2. The number of hydrogen-bond acceptors (Lipinski definition) is 7. The molecule has 1 heterocycles. The Morgan fingerprint density at radius 1 is 1.36 bits per heavy atom. The molecule has 1 aromatic rings. The van der Waals surface area contributed by atoms with Crippen LogP contribution in [0.2, 0.25) is 0 Å². The average molecular weight is 323 g/mol. The van der Waals surface area contributed by atoms with E-state index in [1.165, 1.54) is 12.3 Å². The van der Waals surface area contributed by atoms with Crippen LogP contribution in [0.25, 0.3) is 0 Å². The third kappa shape index (κ3) is 4.98. The van der Waals surface area contributed by atoms with Gasteiger partial charge >= 0.3 is 0 Å². The van der Waals surface area contributed by atoms with Crippen molar-refractivity contribution in [3.05, 3.63) is 23.7 Å². The van der Waals surface area contributed by atoms with Crippen LogP contribution in [0.3, 0.4) is 0 Å². The predicted molar refractivity (Wildman–Crippen MR) is 87.0 cm³/mol. The quantitative estimate of drug-likeness (QED) is 0.344. The standard InChI is InChI=1S/C12H17N7O2S/c1-5(13)3-8(22)19-12-9(11(15)21)16-4-7(18-12)17-6(2)10(14)20/h3-4,6H,13H2,1-2H3,(H2,14,20)(H2,15,21)(H2,17,18,19,22)/t6-/m1/s1. The van der Waals surface area contributed by atoms with Crippen LogP contribution in [0.1, 0.15) is 24.3 Å². The molecule has 9 nitrogen and oxygen atoms in total. The molecule has 0 radical (unpaired) electrons. The number of aromatic nitrogens is 2. The Bertz CT molecular complexity index is 640. The van der Waals surface area contributed by atoms with Gasteiger partial charge < -0.3 is 27.8 Å². The lowest BCUT2D eigenvalue weighted by atomic mass is 10.3. The predicted octanol–water partition coefficient (Wildman–Crippen LogP) is -0.537. The van der Waals surface area contributed by atoms with Crippen LogP contribution in [0.15, 0.2) is 18.0 Å². The second-order valence-corrected chi connectivity index (χ2v) is 4.90. The summed E-state index contributed by atoms with van der Waals surface area (Å²) in [7, 11) is 0. The Balaban J connectivity index is 3.10. The van der Waals surface area contributed by atoms with Crippen LogP contribution in [0.4, 0.5) is 11.6 Å². The highest BCUT2D eigenvalue weighted by Crippen LogP contribution is 2.14. The fraction of sp³-hybridized carbons (Fsp3) is 0.250. The summed E-state index contributed by atoms with van der Waals surface area (Å²) in [5.41, 5.74) is 16.3. The van der Waals surface area contributed by atoms with Crippen LogP contribution in [0, 0.1) is 0 Å². The first-order valence-electron chi connectivity index (χ1n) is 6.18. The molecule has 1 aromatic heterocycles. The second kappa shape index (κ2) is 7.31. The summed E-state index contributed by atoms with van der Waals surface area (Å²) in [6, 6.07) is -0.667. The molecule has 0 fully saturated rings. The normalized spacial score (nSPS) is 12.4. The number of allylic oxidation sites excluding steroid dienone is 1. The number of carbonyl (C=O) groups is 2. The van der Waals surface area contributed by atoms with Crippen molar-refractivity contribution in [1.29, 1.82) is 0 Å². The van der Waals surface area contributed by atoms with Gasteiger partial charge in [-0.25, -0.2) is 9.97 Å². The van der Waals surface area contributed by atoms with Gasteiger partial charge in [0, 0.05) is 5.70 Å². The largest absolute Gasteiger partial charge is 0.402 e. The van der Waals surface area contributed by atoms with Crippen LogP contribution in [-0.2, 0) is 4.79 Å². The molecule has 0 aromatic carbocycles. The second-order valence-electron chi connectivity index (χ2n) is 4.46. The van der Waals surface area contributed by atoms with Crippen molar-refractivity contribution in [1.82, 2.24) is 9.97 Å². The molecule has 0 saturated heterocycles. The van der Waals surface area contributed by atoms with Crippen molar-refractivity contribution >= 4 is 40.7 Å². The molecule has 0 bridgehead atoms. The summed E-state index contributed by atoms with van der Waals surface area (Å²) in [4.78, 5) is 30.7. The van der Waals surface area contributed by atoms with Crippen LogP contribution < -0.4 is 27.8 Å². The minimum Gasteiger partial charge on any atom is -0.402 e. The number of rotatable bonds is 6. The lowest BCUT2D eigenvalue weighted by Gasteiger charge is -2.13. The first-order valence-corrected chi connectivity index (χ1v) is 6.59. The SMILES string of the molecule is CC(N)=CC(=S)Nc1nc(N[C@H](C)C(N)=O)cnc1C(N)=O. The van der Waals surface area contributed by atoms with Gasteiger partial charge in [0.05, 0.1) is 6.20 Å². The molecular formula is C12H17N7O2S. The number of nitrogens with two attached hydrogens (primary N) is 3. The summed E-state index contributed by atoms with van der Waals surface area (Å²) in [5, 5.41) is 5.45. The highest BCUT2D eigenvalue weighted by atomic mass is 32.1. The first kappa shape index (κ1) is 17.3. The zero-order chi connectivity index (χ0) is 16.9. The average Bonchev–Trinajstić information content (AvgIpc) is 2.37. The topological polar surface area (TPSA) is 162 Å². The number of carbonyl (C=O) groups excluding carboxylic acids is 2. The number of nitrogens with zero attached hydrogens (tertiary/aromatic N) is 2. The van der Waals surface area contributed by atoms with E-state index >= 15 is 0 Å². The van der Waals surface area contributed by atoms with E-state index in [-0.39, 0.29) is 22.3 Å². The molecule has 8 N–H and O–H groups in total. The highest BCUT2D eigenvalue weighted by Gasteiger charge is 2.15. The molecule has 1 atom stereocenters. The third-order valence-electron chi connectivity index (χ3n) is 2.40. The summed E-state index contributed by atoms with van der Waals surface area (Å²) in [6.45, 7) is 3.21. The Morgan fingerprint density at radius 3 is 2.50 bits per heavy atom. The monoisotopic (exact) mass is 323 g/mol. The molecule has 0 aliphatic rings. The molecule has 0 spiro atoms. The van der Waals surface area contributed by atoms with Crippen molar-refractivity contribution in [3.63, 3.8) is 0 Å². The third-order valence-corrected chi connectivity index (χ3v) is 2.62. The van der Waals surface area contributed by atoms with Crippen LogP contribution >= 0.6 is 12.2 Å². The lowest BCUT2D eigenvalue weighted by Crippen LogP contribution is -2.33. The number of thiocarbonyl (C=S) groups is 1. The zero-order valence-corrected chi connectivity index (χ0v) is 12.9. The number of nitrogens with one attached hydrogen (secondary N) is 2. The van der Waals surface area contributed by atoms with E-state index in [0.717, 1.165) is 0 Å². The van der Waals surface area contributed by atoms with Gasteiger partial charge in [0.1, 0.15) is 16.8 Å². The number of primary amides is 2. The fourth-order valence-electron chi connectivity index (χ4n) is 1.38. The van der Waals surface area contributed by atoms with Gasteiger partial charge in [-0.15, -0.1) is 0 Å². The molecule has 0 aliphatic carbocycles. The molecule has 0 saturated carbocycles. The van der Waals surface area contributed by atoms with E-state index in [0.29, 0.717) is 5.70 Å². The van der Waals surface area contributed by atoms with E-state index in [9.17, 15) is 9.59 Å². The maximum absolute atomic E-state index is 11.4. The molecule has 2 amide bonds. The molecule has 1 rings (SSSR count). The van der Waals surface area contributed by atoms with Gasteiger partial charge in [-0.1, -0.05) is 12.2 Å². The summed E-state index contributed by atoms with van der Waals surface area (Å²) in [6.07, 6.45) is 2.74. The minimum absolute atomic E-state index is 0.0525. The van der Waals surface area contributed by atoms with Crippen molar-refractivity contribution in [3.8, 4) is 0 Å². The van der Waals surface area contributed by atoms with Gasteiger partial charge in [-0.3, -0.25) is 9.59 Å². The summed E-state index contributed by atoms with van der Waals surface area (Å²) < 4.78 is 0. The maximum Gasteiger partial charge on any atom is 0.271 e. The Labute approximate surface area is 132 Å². The number of hydrogen-bond donors (Lipinski definition) is 5. The van der Waals surface area contributed by atoms with Gasteiger partial charge in [0.25, 0.3) is 5.91 Å². The first-order chi connectivity index (χ1) is 10.2. The molecule has 0 aliphatic heterocycles. The Hall–Kier alpha value is -2.75. The maximum atomic E-state index is 11.4. The van der Waals surface area contributed by atoms with Crippen molar-refractivity contribution in [2.75, 3.05) is 10.6 Å². The number of amides is 2. The van der Waals surface area contributed by atoms with Crippen molar-refractivity contribution in [2.24, 2.45) is 17.2 Å². The Morgan fingerprint density at radius 2 is 2.00 bits per heavy atom. The smallest absolute Gasteiger partial charge is 0.271 e. The summed E-state index contributed by atoms with van der Waals surface area (Å²) in [5.74, 6) is -1.06. The van der Waals surface area contributed by atoms with E-state index in [4.69, 9.17) is 29.4 Å². The van der Waals surface area contributed by atoms with E-state index in [2.05, 4.69) is 20.6 Å². The fourth-order valence-corrected chi connectivity index (χ4v) is 1.66. The van der Waals surface area contributed by atoms with Crippen LogP contribution in [-0.4, -0.2) is 32.8 Å². The molecule has 118 valence electrons. The Kier molecular flexibility index (Phi) is 5.75. The lowest BCUT2D eigenvalue weighted by molar-refractivity contribution is -0.118. The van der Waals surface area contributed by atoms with Gasteiger partial charge in [-0.05, 0) is 19.9 Å². The van der Waals surface area contributed by atoms with Crippen LogP contribution in [0.5, 0.6) is 0 Å². The summed E-state index contributed by atoms with van der Waals surface area (Å²) >= 11 is 5.05. The molecule has 0 unspecified atom stereocenters. The molecular weight excluding hydrogens is 306 g/mol.